The molecule has 2 unspecified atom stereocenters. The first-order chi connectivity index (χ1) is 9.35. The van der Waals surface area contributed by atoms with Gasteiger partial charge in [0.1, 0.15) is 0 Å². The van der Waals surface area contributed by atoms with Crippen LogP contribution in [0.15, 0.2) is 29.3 Å². The molecule has 102 valence electrons. The van der Waals surface area contributed by atoms with E-state index >= 15 is 0 Å². The van der Waals surface area contributed by atoms with E-state index < -0.39 is 0 Å². The predicted molar refractivity (Wildman–Crippen MR) is 84.0 cm³/mol. The van der Waals surface area contributed by atoms with Crippen molar-refractivity contribution in [2.45, 2.75) is 50.3 Å². The second-order valence-electron chi connectivity index (χ2n) is 5.53. The molecule has 1 aliphatic heterocycles. The predicted octanol–water partition coefficient (Wildman–Crippen LogP) is 3.41. The van der Waals surface area contributed by atoms with Crippen LogP contribution < -0.4 is 5.32 Å². The number of rotatable bonds is 3. The number of hydrogen-bond donors (Lipinski definition) is 1. The van der Waals surface area contributed by atoms with Gasteiger partial charge in [0, 0.05) is 11.3 Å². The summed E-state index contributed by atoms with van der Waals surface area (Å²) >= 11 is 1.95. The number of nitrogens with zero attached hydrogens (tertiary/aromatic N) is 1. The van der Waals surface area contributed by atoms with Crippen molar-refractivity contribution in [2.75, 3.05) is 6.54 Å². The zero-order valence-corrected chi connectivity index (χ0v) is 12.4. The Morgan fingerprint density at radius 3 is 3.00 bits per heavy atom. The quantitative estimate of drug-likeness (QED) is 0.913. The van der Waals surface area contributed by atoms with Crippen molar-refractivity contribution in [1.82, 2.24) is 5.32 Å². The van der Waals surface area contributed by atoms with Crippen molar-refractivity contribution in [3.05, 3.63) is 35.4 Å². The molecule has 3 heteroatoms. The molecule has 1 N–H and O–H groups in total. The highest BCUT2D eigenvalue weighted by Gasteiger charge is 2.23. The lowest BCUT2D eigenvalue weighted by atomic mass is 9.88. The van der Waals surface area contributed by atoms with E-state index in [1.165, 1.54) is 42.0 Å². The minimum absolute atomic E-state index is 0.571. The van der Waals surface area contributed by atoms with Gasteiger partial charge >= 0.3 is 0 Å². The molecule has 2 aliphatic rings. The third-order valence-electron chi connectivity index (χ3n) is 4.00. The summed E-state index contributed by atoms with van der Waals surface area (Å²) in [4.78, 5) is 4.65. The van der Waals surface area contributed by atoms with E-state index in [2.05, 4.69) is 41.5 Å². The van der Waals surface area contributed by atoms with Gasteiger partial charge in [0.2, 0.25) is 0 Å². The molecule has 1 heterocycles. The molecule has 0 radical (unpaired) electrons. The Hall–Kier alpha value is -0.960. The Morgan fingerprint density at radius 1 is 1.32 bits per heavy atom. The lowest BCUT2D eigenvalue weighted by molar-refractivity contribution is 0.531. The molecule has 1 aliphatic carbocycles. The van der Waals surface area contributed by atoms with Crippen molar-refractivity contribution >= 4 is 16.9 Å². The lowest BCUT2D eigenvalue weighted by Crippen LogP contribution is -2.37. The van der Waals surface area contributed by atoms with Crippen LogP contribution in [-0.2, 0) is 12.8 Å². The van der Waals surface area contributed by atoms with Crippen LogP contribution in [0.1, 0.15) is 37.3 Å². The van der Waals surface area contributed by atoms with E-state index in [-0.39, 0.29) is 0 Å². The highest BCUT2D eigenvalue weighted by molar-refractivity contribution is 8.14. The first kappa shape index (κ1) is 13.0. The SMILES string of the molecule is CCCC1CN=C(NC2CCc3ccccc3C2)S1. The van der Waals surface area contributed by atoms with Gasteiger partial charge in [0.05, 0.1) is 6.54 Å². The summed E-state index contributed by atoms with van der Waals surface area (Å²) in [6.07, 6.45) is 6.12. The molecule has 2 nitrogen and oxygen atoms in total. The van der Waals surface area contributed by atoms with Crippen LogP contribution in [-0.4, -0.2) is 23.0 Å². The van der Waals surface area contributed by atoms with Crippen LogP contribution in [0.5, 0.6) is 0 Å². The summed E-state index contributed by atoms with van der Waals surface area (Å²) in [5.41, 5.74) is 3.05. The Kier molecular flexibility index (Phi) is 4.12. The second kappa shape index (κ2) is 6.00. The van der Waals surface area contributed by atoms with Crippen LogP contribution in [0.2, 0.25) is 0 Å². The number of hydrogen-bond acceptors (Lipinski definition) is 3. The average Bonchev–Trinajstić information content (AvgIpc) is 2.86. The monoisotopic (exact) mass is 274 g/mol. The fourth-order valence-corrected chi connectivity index (χ4v) is 4.17. The van der Waals surface area contributed by atoms with E-state index in [9.17, 15) is 0 Å². The fourth-order valence-electron chi connectivity index (χ4n) is 2.96. The summed E-state index contributed by atoms with van der Waals surface area (Å²) in [5, 5.41) is 5.55. The molecule has 0 bridgehead atoms. The molecule has 0 spiro atoms. The van der Waals surface area contributed by atoms with E-state index in [4.69, 9.17) is 0 Å². The molecule has 0 fully saturated rings. The summed E-state index contributed by atoms with van der Waals surface area (Å²) in [6.45, 7) is 3.26. The molecule has 19 heavy (non-hydrogen) atoms. The Balaban J connectivity index is 1.55. The molecule has 3 rings (SSSR count). The van der Waals surface area contributed by atoms with Gasteiger partial charge in [-0.2, -0.15) is 0 Å². The van der Waals surface area contributed by atoms with Gasteiger partial charge in [-0.15, -0.1) is 0 Å². The number of fused-ring (bicyclic) bond motifs is 1. The molecular formula is C16H22N2S. The summed E-state index contributed by atoms with van der Waals surface area (Å²) in [5.74, 6) is 0. The van der Waals surface area contributed by atoms with Gasteiger partial charge in [-0.3, -0.25) is 4.99 Å². The molecule has 0 saturated heterocycles. The third kappa shape index (κ3) is 3.14. The van der Waals surface area contributed by atoms with Crippen LogP contribution in [0.25, 0.3) is 0 Å². The molecular weight excluding hydrogens is 252 g/mol. The van der Waals surface area contributed by atoms with Crippen LogP contribution >= 0.6 is 11.8 Å². The van der Waals surface area contributed by atoms with Gasteiger partial charge in [0.15, 0.2) is 5.17 Å². The van der Waals surface area contributed by atoms with Crippen LogP contribution in [0, 0.1) is 0 Å². The number of amidine groups is 1. The smallest absolute Gasteiger partial charge is 0.157 e. The van der Waals surface area contributed by atoms with Gasteiger partial charge in [-0.05, 0) is 36.8 Å². The number of thioether (sulfide) groups is 1. The highest BCUT2D eigenvalue weighted by atomic mass is 32.2. The van der Waals surface area contributed by atoms with E-state index in [1.54, 1.807) is 0 Å². The second-order valence-corrected chi connectivity index (χ2v) is 6.82. The molecule has 1 aromatic rings. The maximum Gasteiger partial charge on any atom is 0.157 e. The van der Waals surface area contributed by atoms with Gasteiger partial charge in [0.25, 0.3) is 0 Å². The van der Waals surface area contributed by atoms with Crippen LogP contribution in [0.3, 0.4) is 0 Å². The van der Waals surface area contributed by atoms with E-state index in [1.807, 2.05) is 11.8 Å². The highest BCUT2D eigenvalue weighted by Crippen LogP contribution is 2.26. The topological polar surface area (TPSA) is 24.4 Å². The standard InChI is InChI=1S/C16H22N2S/c1-2-5-15-11-17-16(19-15)18-14-9-8-12-6-3-4-7-13(12)10-14/h3-4,6-7,14-15H,2,5,8-11H2,1H3,(H,17,18). The van der Waals surface area contributed by atoms with Gasteiger partial charge in [-0.25, -0.2) is 0 Å². The maximum atomic E-state index is 4.65. The van der Waals surface area contributed by atoms with Crippen molar-refractivity contribution < 1.29 is 0 Å². The normalized spacial score (nSPS) is 25.8. The first-order valence-corrected chi connectivity index (χ1v) is 8.27. The molecule has 0 saturated carbocycles. The van der Waals surface area contributed by atoms with Crippen molar-refractivity contribution in [1.29, 1.82) is 0 Å². The third-order valence-corrected chi connectivity index (χ3v) is 5.19. The summed E-state index contributed by atoms with van der Waals surface area (Å²) in [6, 6.07) is 9.41. The van der Waals surface area contributed by atoms with E-state index in [0.717, 1.165) is 13.0 Å². The fraction of sp³-hybridized carbons (Fsp3) is 0.562. The van der Waals surface area contributed by atoms with Gasteiger partial charge in [-0.1, -0.05) is 49.4 Å². The average molecular weight is 274 g/mol. The number of aliphatic imine (C=N–C) groups is 1. The van der Waals surface area contributed by atoms with E-state index in [0.29, 0.717) is 11.3 Å². The largest absolute Gasteiger partial charge is 0.362 e. The minimum Gasteiger partial charge on any atom is -0.362 e. The lowest BCUT2D eigenvalue weighted by Gasteiger charge is -2.26. The minimum atomic E-state index is 0.571. The number of benzene rings is 1. The van der Waals surface area contributed by atoms with Crippen LogP contribution in [0.4, 0.5) is 0 Å². The molecule has 0 amide bonds. The molecule has 1 aromatic carbocycles. The zero-order chi connectivity index (χ0) is 13.1. The molecule has 2 atom stereocenters. The molecule has 0 aromatic heterocycles. The number of aryl methyl sites for hydroxylation is 1. The van der Waals surface area contributed by atoms with Crippen molar-refractivity contribution in [3.63, 3.8) is 0 Å². The zero-order valence-electron chi connectivity index (χ0n) is 11.6. The van der Waals surface area contributed by atoms with Crippen molar-refractivity contribution in [3.8, 4) is 0 Å². The van der Waals surface area contributed by atoms with Gasteiger partial charge < -0.3 is 5.32 Å². The maximum absolute atomic E-state index is 4.65. The Labute approximate surface area is 120 Å². The first-order valence-electron chi connectivity index (χ1n) is 7.39. The summed E-state index contributed by atoms with van der Waals surface area (Å²) < 4.78 is 0. The Bertz CT molecular complexity index is 470. The summed E-state index contributed by atoms with van der Waals surface area (Å²) in [7, 11) is 0. The Morgan fingerprint density at radius 2 is 2.16 bits per heavy atom. The number of nitrogens with one attached hydrogen (secondary N) is 1. The van der Waals surface area contributed by atoms with Crippen molar-refractivity contribution in [2.24, 2.45) is 4.99 Å².